The molecule has 4 heteroatoms. The van der Waals surface area contributed by atoms with Crippen LogP contribution in [0.1, 0.15) is 18.4 Å². The lowest BCUT2D eigenvalue weighted by Crippen LogP contribution is -2.31. The fourth-order valence-electron chi connectivity index (χ4n) is 3.74. The predicted octanol–water partition coefficient (Wildman–Crippen LogP) is 2.43. The van der Waals surface area contributed by atoms with Crippen LogP contribution in [0.2, 0.25) is 0 Å². The van der Waals surface area contributed by atoms with Crippen LogP contribution in [-0.2, 0) is 16.1 Å². The van der Waals surface area contributed by atoms with E-state index < -0.39 is 0 Å². The van der Waals surface area contributed by atoms with Gasteiger partial charge in [-0.05, 0) is 30.2 Å². The molecule has 3 atom stereocenters. The predicted molar refractivity (Wildman–Crippen MR) is 73.1 cm³/mol. The average molecular weight is 273 g/mol. The topological polar surface area (TPSA) is 42.1 Å². The first-order chi connectivity index (χ1) is 9.74. The number of carbonyl (C=O) groups excluding carboxylic acids is 1. The second-order valence-electron chi connectivity index (χ2n) is 6.35. The van der Waals surface area contributed by atoms with Crippen molar-refractivity contribution in [1.29, 1.82) is 0 Å². The third-order valence-electron chi connectivity index (χ3n) is 4.86. The summed E-state index contributed by atoms with van der Waals surface area (Å²) < 4.78 is 11.0. The highest BCUT2D eigenvalue weighted by molar-refractivity contribution is 5.68. The molecule has 3 fully saturated rings. The number of likely N-dealkylation sites (tertiary alicyclic amines) is 1. The Morgan fingerprint density at radius 3 is 2.50 bits per heavy atom. The summed E-state index contributed by atoms with van der Waals surface area (Å²) in [5, 5.41) is 0. The molecular formula is C16H19NO3. The smallest absolute Gasteiger partial charge is 0.410 e. The van der Waals surface area contributed by atoms with E-state index in [9.17, 15) is 4.79 Å². The van der Waals surface area contributed by atoms with Crippen molar-refractivity contribution in [1.82, 2.24) is 4.90 Å². The standard InChI is InChI=1S/C16H19NO3/c18-15(19-10-12-4-2-1-3-5-12)17-8-13-6-16(11-20-16)7-14(13)9-17/h1-5,13-14H,6-11H2/t13-,14+,16?. The SMILES string of the molecule is O=C(OCc1ccccc1)N1C[C@@H]2CC3(CO3)C[C@@H]2C1. The van der Waals surface area contributed by atoms with Crippen LogP contribution >= 0.6 is 0 Å². The molecule has 1 amide bonds. The van der Waals surface area contributed by atoms with E-state index in [1.54, 1.807) is 0 Å². The first-order valence-electron chi connectivity index (χ1n) is 7.34. The van der Waals surface area contributed by atoms with Gasteiger partial charge in [-0.2, -0.15) is 0 Å². The Morgan fingerprint density at radius 2 is 1.90 bits per heavy atom. The van der Waals surface area contributed by atoms with E-state index in [4.69, 9.17) is 9.47 Å². The molecule has 0 aromatic heterocycles. The molecule has 2 aliphatic heterocycles. The van der Waals surface area contributed by atoms with Gasteiger partial charge < -0.3 is 14.4 Å². The molecule has 1 aromatic carbocycles. The zero-order valence-electron chi connectivity index (χ0n) is 11.5. The third-order valence-corrected chi connectivity index (χ3v) is 4.86. The molecule has 1 unspecified atom stereocenters. The number of ether oxygens (including phenoxy) is 2. The van der Waals surface area contributed by atoms with Crippen molar-refractivity contribution in [2.24, 2.45) is 11.8 Å². The highest BCUT2D eigenvalue weighted by Gasteiger charge is 2.57. The van der Waals surface area contributed by atoms with Crippen LogP contribution in [0, 0.1) is 11.8 Å². The van der Waals surface area contributed by atoms with Gasteiger partial charge in [-0.25, -0.2) is 4.79 Å². The lowest BCUT2D eigenvalue weighted by Gasteiger charge is -2.18. The zero-order chi connectivity index (χ0) is 13.6. The van der Waals surface area contributed by atoms with Gasteiger partial charge in [0.05, 0.1) is 12.2 Å². The van der Waals surface area contributed by atoms with Crippen molar-refractivity contribution in [3.05, 3.63) is 35.9 Å². The molecule has 0 bridgehead atoms. The van der Waals surface area contributed by atoms with E-state index in [2.05, 4.69) is 0 Å². The first-order valence-corrected chi connectivity index (χ1v) is 7.34. The maximum atomic E-state index is 12.1. The summed E-state index contributed by atoms with van der Waals surface area (Å²) >= 11 is 0. The lowest BCUT2D eigenvalue weighted by molar-refractivity contribution is 0.100. The quantitative estimate of drug-likeness (QED) is 0.777. The summed E-state index contributed by atoms with van der Waals surface area (Å²) in [6.45, 7) is 2.96. The van der Waals surface area contributed by atoms with E-state index in [1.807, 2.05) is 35.2 Å². The Morgan fingerprint density at radius 1 is 1.25 bits per heavy atom. The number of fused-ring (bicyclic) bond motifs is 1. The number of hydrogen-bond acceptors (Lipinski definition) is 3. The van der Waals surface area contributed by atoms with Crippen LogP contribution in [0.3, 0.4) is 0 Å². The molecule has 20 heavy (non-hydrogen) atoms. The highest BCUT2D eigenvalue weighted by Crippen LogP contribution is 2.52. The Hall–Kier alpha value is -1.55. The minimum Gasteiger partial charge on any atom is -0.445 e. The van der Waals surface area contributed by atoms with E-state index in [-0.39, 0.29) is 11.7 Å². The van der Waals surface area contributed by atoms with Gasteiger partial charge in [-0.15, -0.1) is 0 Å². The normalized spacial score (nSPS) is 34.3. The molecule has 2 saturated heterocycles. The van der Waals surface area contributed by atoms with E-state index in [0.717, 1.165) is 38.1 Å². The number of carbonyl (C=O) groups is 1. The number of benzene rings is 1. The Labute approximate surface area is 118 Å². The second-order valence-corrected chi connectivity index (χ2v) is 6.35. The molecule has 3 aliphatic rings. The van der Waals surface area contributed by atoms with Gasteiger partial charge in [-0.3, -0.25) is 0 Å². The minimum atomic E-state index is -0.172. The molecule has 106 valence electrons. The maximum absolute atomic E-state index is 12.1. The van der Waals surface area contributed by atoms with Crippen molar-refractivity contribution in [3.8, 4) is 0 Å². The van der Waals surface area contributed by atoms with Crippen molar-refractivity contribution in [2.45, 2.75) is 25.0 Å². The van der Waals surface area contributed by atoms with E-state index >= 15 is 0 Å². The summed E-state index contributed by atoms with van der Waals surface area (Å²) in [5.41, 5.74) is 1.24. The fraction of sp³-hybridized carbons (Fsp3) is 0.562. The van der Waals surface area contributed by atoms with Crippen LogP contribution in [0.25, 0.3) is 0 Å². The van der Waals surface area contributed by atoms with Gasteiger partial charge in [0.2, 0.25) is 0 Å². The number of rotatable bonds is 2. The van der Waals surface area contributed by atoms with Gasteiger partial charge >= 0.3 is 6.09 Å². The Bertz CT molecular complexity index is 496. The number of epoxide rings is 1. The van der Waals surface area contributed by atoms with Gasteiger partial charge in [0.1, 0.15) is 6.61 Å². The average Bonchev–Trinajstić information content (AvgIpc) is 2.96. The summed E-state index contributed by atoms with van der Waals surface area (Å²) in [4.78, 5) is 14.0. The zero-order valence-corrected chi connectivity index (χ0v) is 11.5. The third kappa shape index (κ3) is 2.18. The lowest BCUT2D eigenvalue weighted by atomic mass is 10.0. The van der Waals surface area contributed by atoms with Gasteiger partial charge in [0.15, 0.2) is 0 Å². The van der Waals surface area contributed by atoms with Crippen molar-refractivity contribution < 1.29 is 14.3 Å². The van der Waals surface area contributed by atoms with Gasteiger partial charge in [0.25, 0.3) is 0 Å². The van der Waals surface area contributed by atoms with E-state index in [0.29, 0.717) is 18.4 Å². The van der Waals surface area contributed by atoms with Crippen molar-refractivity contribution in [2.75, 3.05) is 19.7 Å². The van der Waals surface area contributed by atoms with Gasteiger partial charge in [-0.1, -0.05) is 30.3 Å². The van der Waals surface area contributed by atoms with Crippen molar-refractivity contribution in [3.63, 3.8) is 0 Å². The maximum Gasteiger partial charge on any atom is 0.410 e. The number of hydrogen-bond donors (Lipinski definition) is 0. The van der Waals surface area contributed by atoms with Crippen molar-refractivity contribution >= 4 is 6.09 Å². The summed E-state index contributed by atoms with van der Waals surface area (Å²) in [6.07, 6.45) is 2.08. The van der Waals surface area contributed by atoms with Gasteiger partial charge in [0, 0.05) is 13.1 Å². The summed E-state index contributed by atoms with van der Waals surface area (Å²) in [6, 6.07) is 9.82. The molecular weight excluding hydrogens is 254 g/mol. The minimum absolute atomic E-state index is 0.172. The summed E-state index contributed by atoms with van der Waals surface area (Å²) in [7, 11) is 0. The molecule has 0 radical (unpaired) electrons. The molecule has 1 spiro atoms. The molecule has 1 aliphatic carbocycles. The number of amides is 1. The van der Waals surface area contributed by atoms with Crippen LogP contribution < -0.4 is 0 Å². The molecule has 2 heterocycles. The monoisotopic (exact) mass is 273 g/mol. The number of nitrogens with zero attached hydrogens (tertiary/aromatic N) is 1. The molecule has 4 rings (SSSR count). The van der Waals surface area contributed by atoms with Crippen LogP contribution in [-0.4, -0.2) is 36.3 Å². The molecule has 1 aromatic rings. The van der Waals surface area contributed by atoms with Crippen LogP contribution in [0.15, 0.2) is 30.3 Å². The summed E-state index contributed by atoms with van der Waals surface area (Å²) in [5.74, 6) is 1.23. The molecule has 1 saturated carbocycles. The van der Waals surface area contributed by atoms with Crippen LogP contribution in [0.4, 0.5) is 4.79 Å². The van der Waals surface area contributed by atoms with Crippen LogP contribution in [0.5, 0.6) is 0 Å². The molecule has 0 N–H and O–H groups in total. The Balaban J connectivity index is 1.30. The largest absolute Gasteiger partial charge is 0.445 e. The van der Waals surface area contributed by atoms with E-state index in [1.165, 1.54) is 0 Å². The highest BCUT2D eigenvalue weighted by atomic mass is 16.6. The second kappa shape index (κ2) is 4.48. The Kier molecular flexibility index (Phi) is 2.74. The first kappa shape index (κ1) is 12.2. The fourth-order valence-corrected chi connectivity index (χ4v) is 3.74. The molecule has 4 nitrogen and oxygen atoms in total.